The number of aryl methyl sites for hydroxylation is 1. The second-order valence-corrected chi connectivity index (χ2v) is 6.11. The largest absolute Gasteiger partial charge is 0.388 e. The van der Waals surface area contributed by atoms with Crippen LogP contribution in [0.15, 0.2) is 24.7 Å². The summed E-state index contributed by atoms with van der Waals surface area (Å²) in [5.41, 5.74) is 1.40. The Kier molecular flexibility index (Phi) is 4.74. The molecule has 0 spiro atoms. The van der Waals surface area contributed by atoms with E-state index in [2.05, 4.69) is 27.2 Å². The van der Waals surface area contributed by atoms with Crippen LogP contribution in [0.25, 0.3) is 0 Å². The molecule has 0 aliphatic rings. The minimum Gasteiger partial charge on any atom is -0.388 e. The fourth-order valence-corrected chi connectivity index (χ4v) is 1.84. The molecule has 0 saturated carbocycles. The molecule has 0 radical (unpaired) electrons. The predicted octanol–water partition coefficient (Wildman–Crippen LogP) is 2.44. The number of nitrogens with one attached hydrogen (secondary N) is 1. The second kappa shape index (κ2) is 6.39. The quantitative estimate of drug-likeness (QED) is 0.674. The van der Waals surface area contributed by atoms with Crippen LogP contribution in [0.2, 0.25) is 5.15 Å². The van der Waals surface area contributed by atoms with E-state index in [1.807, 2.05) is 20.2 Å². The molecule has 5 nitrogen and oxygen atoms in total. The highest BCUT2D eigenvalue weighted by Gasteiger charge is 2.22. The molecular weight excluding hydrogens is 300 g/mol. The van der Waals surface area contributed by atoms with Crippen molar-refractivity contribution in [1.29, 1.82) is 0 Å². The van der Waals surface area contributed by atoms with E-state index in [1.165, 1.54) is 0 Å². The van der Waals surface area contributed by atoms with Crippen LogP contribution >= 0.6 is 11.6 Å². The SMILES string of the molecule is C[C@H](Nc1cc(Cl)ncc1C#Cc1cnn(C)c1)C(C)(C)O. The molecule has 2 rings (SSSR count). The van der Waals surface area contributed by atoms with Crippen LogP contribution in [0.4, 0.5) is 5.69 Å². The highest BCUT2D eigenvalue weighted by atomic mass is 35.5. The number of rotatable bonds is 3. The van der Waals surface area contributed by atoms with E-state index in [0.29, 0.717) is 10.7 Å². The zero-order valence-electron chi connectivity index (χ0n) is 13.1. The number of hydrogen-bond donors (Lipinski definition) is 2. The van der Waals surface area contributed by atoms with Gasteiger partial charge in [0.2, 0.25) is 0 Å². The van der Waals surface area contributed by atoms with E-state index in [1.54, 1.807) is 37.0 Å². The van der Waals surface area contributed by atoms with Crippen molar-refractivity contribution in [2.24, 2.45) is 7.05 Å². The van der Waals surface area contributed by atoms with Gasteiger partial charge < -0.3 is 10.4 Å². The summed E-state index contributed by atoms with van der Waals surface area (Å²) >= 11 is 5.96. The van der Waals surface area contributed by atoms with Crippen molar-refractivity contribution in [3.05, 3.63) is 40.9 Å². The molecule has 2 aromatic heterocycles. The summed E-state index contributed by atoms with van der Waals surface area (Å²) < 4.78 is 1.69. The van der Waals surface area contributed by atoms with Gasteiger partial charge in [-0.25, -0.2) is 4.98 Å². The van der Waals surface area contributed by atoms with Gasteiger partial charge in [0.1, 0.15) is 5.15 Å². The normalized spacial score (nSPS) is 12.5. The highest BCUT2D eigenvalue weighted by Crippen LogP contribution is 2.21. The lowest BCUT2D eigenvalue weighted by molar-refractivity contribution is 0.0649. The first-order chi connectivity index (χ1) is 10.3. The first kappa shape index (κ1) is 16.3. The Labute approximate surface area is 135 Å². The molecule has 1 atom stereocenters. The Morgan fingerprint density at radius 2 is 2.09 bits per heavy atom. The number of nitrogens with zero attached hydrogens (tertiary/aromatic N) is 3. The molecule has 22 heavy (non-hydrogen) atoms. The summed E-state index contributed by atoms with van der Waals surface area (Å²) in [6.45, 7) is 5.38. The molecule has 2 aromatic rings. The highest BCUT2D eigenvalue weighted by molar-refractivity contribution is 6.29. The zero-order chi connectivity index (χ0) is 16.3. The third kappa shape index (κ3) is 4.23. The molecule has 6 heteroatoms. The molecule has 0 bridgehead atoms. The number of anilines is 1. The molecule has 0 aliphatic heterocycles. The summed E-state index contributed by atoms with van der Waals surface area (Å²) in [6.07, 6.45) is 5.15. The maximum atomic E-state index is 10.1. The van der Waals surface area contributed by atoms with E-state index >= 15 is 0 Å². The maximum Gasteiger partial charge on any atom is 0.131 e. The van der Waals surface area contributed by atoms with Crippen molar-refractivity contribution in [1.82, 2.24) is 14.8 Å². The second-order valence-electron chi connectivity index (χ2n) is 5.72. The Balaban J connectivity index is 2.30. The molecule has 2 N–H and O–H groups in total. The minimum atomic E-state index is -0.871. The first-order valence-electron chi connectivity index (χ1n) is 6.91. The lowest BCUT2D eigenvalue weighted by atomic mass is 10.0. The van der Waals surface area contributed by atoms with E-state index in [-0.39, 0.29) is 6.04 Å². The van der Waals surface area contributed by atoms with Crippen molar-refractivity contribution in [2.45, 2.75) is 32.4 Å². The Morgan fingerprint density at radius 3 is 2.68 bits per heavy atom. The Bertz CT molecular complexity index is 722. The van der Waals surface area contributed by atoms with Crippen LogP contribution in [0.3, 0.4) is 0 Å². The van der Waals surface area contributed by atoms with E-state index in [9.17, 15) is 5.11 Å². The van der Waals surface area contributed by atoms with Gasteiger partial charge in [-0.05, 0) is 26.8 Å². The molecule has 0 unspecified atom stereocenters. The van der Waals surface area contributed by atoms with Crippen molar-refractivity contribution >= 4 is 17.3 Å². The van der Waals surface area contributed by atoms with Crippen molar-refractivity contribution in [2.75, 3.05) is 5.32 Å². The van der Waals surface area contributed by atoms with Gasteiger partial charge in [0.25, 0.3) is 0 Å². The standard InChI is InChI=1S/C16H19ClN4O/c1-11(16(2,3)22)20-14-7-15(17)18-9-13(14)6-5-12-8-19-21(4)10-12/h7-11,22H,1-4H3,(H,18,20)/t11-/m0/s1. The molecule has 2 heterocycles. The monoisotopic (exact) mass is 318 g/mol. The van der Waals surface area contributed by atoms with E-state index in [0.717, 1.165) is 11.3 Å². The average molecular weight is 319 g/mol. The summed E-state index contributed by atoms with van der Waals surface area (Å²) in [5.74, 6) is 6.09. The predicted molar refractivity (Wildman–Crippen MR) is 87.8 cm³/mol. The van der Waals surface area contributed by atoms with Crippen molar-refractivity contribution in [3.8, 4) is 11.8 Å². The lowest BCUT2D eigenvalue weighted by Gasteiger charge is -2.28. The number of pyridine rings is 1. The van der Waals surface area contributed by atoms with E-state index in [4.69, 9.17) is 11.6 Å². The van der Waals surface area contributed by atoms with Crippen molar-refractivity contribution in [3.63, 3.8) is 0 Å². The molecule has 116 valence electrons. The van der Waals surface area contributed by atoms with Crippen molar-refractivity contribution < 1.29 is 5.11 Å². The van der Waals surface area contributed by atoms with Gasteiger partial charge in [-0.15, -0.1) is 0 Å². The van der Waals surface area contributed by atoms with Gasteiger partial charge in [-0.2, -0.15) is 5.10 Å². The van der Waals surface area contributed by atoms with Crippen LogP contribution in [0, 0.1) is 11.8 Å². The average Bonchev–Trinajstić information content (AvgIpc) is 2.82. The maximum absolute atomic E-state index is 10.1. The smallest absolute Gasteiger partial charge is 0.131 e. The lowest BCUT2D eigenvalue weighted by Crippen LogP contribution is -2.39. The van der Waals surface area contributed by atoms with Crippen LogP contribution in [0.5, 0.6) is 0 Å². The molecule has 0 aromatic carbocycles. The van der Waals surface area contributed by atoms with Crippen LogP contribution < -0.4 is 5.32 Å². The van der Waals surface area contributed by atoms with Gasteiger partial charge >= 0.3 is 0 Å². The van der Waals surface area contributed by atoms with Crippen LogP contribution in [-0.2, 0) is 7.05 Å². The number of aliphatic hydroxyl groups is 1. The Morgan fingerprint density at radius 1 is 1.36 bits per heavy atom. The van der Waals surface area contributed by atoms with Gasteiger partial charge in [0, 0.05) is 19.4 Å². The summed E-state index contributed by atoms with van der Waals surface area (Å²) in [4.78, 5) is 4.07. The number of aromatic nitrogens is 3. The van der Waals surface area contributed by atoms with Crippen LogP contribution in [0.1, 0.15) is 31.9 Å². The fourth-order valence-electron chi connectivity index (χ4n) is 1.68. The summed E-state index contributed by atoms with van der Waals surface area (Å²) in [5, 5.41) is 17.7. The Hall–Kier alpha value is -2.03. The summed E-state index contributed by atoms with van der Waals surface area (Å²) in [6, 6.07) is 1.53. The van der Waals surface area contributed by atoms with Crippen LogP contribution in [-0.4, -0.2) is 31.5 Å². The number of halogens is 1. The zero-order valence-corrected chi connectivity index (χ0v) is 13.8. The fraction of sp³-hybridized carbons (Fsp3) is 0.375. The summed E-state index contributed by atoms with van der Waals surface area (Å²) in [7, 11) is 1.84. The van der Waals surface area contributed by atoms with E-state index < -0.39 is 5.60 Å². The topological polar surface area (TPSA) is 63.0 Å². The van der Waals surface area contributed by atoms with Gasteiger partial charge in [0.05, 0.1) is 34.7 Å². The number of hydrogen-bond acceptors (Lipinski definition) is 4. The van der Waals surface area contributed by atoms with Gasteiger partial charge in [0.15, 0.2) is 0 Å². The molecule has 0 saturated heterocycles. The molecule has 0 fully saturated rings. The first-order valence-corrected chi connectivity index (χ1v) is 7.28. The third-order valence-electron chi connectivity index (χ3n) is 3.35. The minimum absolute atomic E-state index is 0.176. The van der Waals surface area contributed by atoms with Gasteiger partial charge in [-0.1, -0.05) is 23.4 Å². The molecule has 0 aliphatic carbocycles. The molecule has 0 amide bonds. The third-order valence-corrected chi connectivity index (χ3v) is 3.56. The molecular formula is C16H19ClN4O. The van der Waals surface area contributed by atoms with Gasteiger partial charge in [-0.3, -0.25) is 4.68 Å².